The molecule has 1 aliphatic carbocycles. The van der Waals surface area contributed by atoms with E-state index in [1.165, 1.54) is 12.1 Å². The molecule has 4 heteroatoms. The summed E-state index contributed by atoms with van der Waals surface area (Å²) in [4.78, 5) is 0. The van der Waals surface area contributed by atoms with Gasteiger partial charge < -0.3 is 9.84 Å². The van der Waals surface area contributed by atoms with Crippen molar-refractivity contribution in [2.75, 3.05) is 0 Å². The highest BCUT2D eigenvalue weighted by molar-refractivity contribution is 9.10. The Morgan fingerprint density at radius 1 is 1.31 bits per heavy atom. The van der Waals surface area contributed by atoms with E-state index in [1.54, 1.807) is 6.07 Å². The highest BCUT2D eigenvalue weighted by atomic mass is 79.9. The van der Waals surface area contributed by atoms with Crippen molar-refractivity contribution in [2.24, 2.45) is 0 Å². The summed E-state index contributed by atoms with van der Waals surface area (Å²) in [6.45, 7) is 0. The first-order chi connectivity index (χ1) is 7.66. The Kier molecular flexibility index (Phi) is 3.82. The van der Waals surface area contributed by atoms with E-state index in [2.05, 4.69) is 15.9 Å². The average Bonchev–Trinajstić information content (AvgIpc) is 2.25. The lowest BCUT2D eigenvalue weighted by molar-refractivity contribution is 0.00645. The van der Waals surface area contributed by atoms with Gasteiger partial charge >= 0.3 is 0 Å². The molecule has 2 atom stereocenters. The van der Waals surface area contributed by atoms with Gasteiger partial charge in [-0.05, 0) is 53.4 Å². The Morgan fingerprint density at radius 3 is 2.75 bits per heavy atom. The third-order valence-electron chi connectivity index (χ3n) is 2.84. The van der Waals surface area contributed by atoms with Crippen LogP contribution in [-0.2, 0) is 0 Å². The molecule has 0 heterocycles. The second kappa shape index (κ2) is 5.15. The Morgan fingerprint density at radius 2 is 2.06 bits per heavy atom. The predicted octanol–water partition coefficient (Wildman–Crippen LogP) is 3.27. The van der Waals surface area contributed by atoms with Crippen LogP contribution in [0.1, 0.15) is 25.7 Å². The molecule has 0 saturated heterocycles. The molecule has 88 valence electrons. The summed E-state index contributed by atoms with van der Waals surface area (Å²) in [7, 11) is 0. The van der Waals surface area contributed by atoms with Gasteiger partial charge in [0, 0.05) is 0 Å². The van der Waals surface area contributed by atoms with Gasteiger partial charge in [-0.2, -0.15) is 0 Å². The molecule has 16 heavy (non-hydrogen) atoms. The van der Waals surface area contributed by atoms with Crippen LogP contribution >= 0.6 is 15.9 Å². The fraction of sp³-hybridized carbons (Fsp3) is 0.500. The van der Waals surface area contributed by atoms with E-state index in [4.69, 9.17) is 4.74 Å². The van der Waals surface area contributed by atoms with Crippen LogP contribution in [0.2, 0.25) is 0 Å². The number of rotatable bonds is 2. The number of hydrogen-bond acceptors (Lipinski definition) is 2. The lowest BCUT2D eigenvalue weighted by Crippen LogP contribution is -2.34. The molecule has 0 aliphatic heterocycles. The van der Waals surface area contributed by atoms with Crippen molar-refractivity contribution in [1.29, 1.82) is 0 Å². The molecule has 0 amide bonds. The first-order valence-electron chi connectivity index (χ1n) is 5.46. The van der Waals surface area contributed by atoms with Crippen molar-refractivity contribution < 1.29 is 14.2 Å². The summed E-state index contributed by atoms with van der Waals surface area (Å²) in [5.41, 5.74) is 0. The van der Waals surface area contributed by atoms with Crippen LogP contribution in [0, 0.1) is 5.82 Å². The van der Waals surface area contributed by atoms with E-state index in [0.717, 1.165) is 25.7 Å². The molecule has 1 aromatic carbocycles. The second-order valence-electron chi connectivity index (χ2n) is 4.08. The molecule has 0 bridgehead atoms. The van der Waals surface area contributed by atoms with E-state index >= 15 is 0 Å². The standard InChI is InChI=1S/C12H14BrFO2/c13-9-7-8(14)5-6-11(9)16-12-4-2-1-3-10(12)15/h5-7,10,12,15H,1-4H2. The number of aliphatic hydroxyl groups excluding tert-OH is 1. The smallest absolute Gasteiger partial charge is 0.134 e. The molecular formula is C12H14BrFO2. The van der Waals surface area contributed by atoms with E-state index in [9.17, 15) is 9.50 Å². The van der Waals surface area contributed by atoms with Gasteiger partial charge in [0.15, 0.2) is 0 Å². The van der Waals surface area contributed by atoms with E-state index in [1.807, 2.05) is 0 Å². The molecule has 1 fully saturated rings. The highest BCUT2D eigenvalue weighted by Gasteiger charge is 2.25. The van der Waals surface area contributed by atoms with Crippen LogP contribution in [0.5, 0.6) is 5.75 Å². The zero-order valence-electron chi connectivity index (χ0n) is 8.83. The normalized spacial score (nSPS) is 25.4. The van der Waals surface area contributed by atoms with Crippen molar-refractivity contribution in [2.45, 2.75) is 37.9 Å². The van der Waals surface area contributed by atoms with Gasteiger partial charge in [0.2, 0.25) is 0 Å². The quantitative estimate of drug-likeness (QED) is 0.905. The van der Waals surface area contributed by atoms with Gasteiger partial charge in [0.05, 0.1) is 10.6 Å². The van der Waals surface area contributed by atoms with Crippen LogP contribution in [0.3, 0.4) is 0 Å². The summed E-state index contributed by atoms with van der Waals surface area (Å²) in [5, 5.41) is 9.76. The van der Waals surface area contributed by atoms with Crippen LogP contribution in [0.4, 0.5) is 4.39 Å². The van der Waals surface area contributed by atoms with E-state index < -0.39 is 6.10 Å². The lowest BCUT2D eigenvalue weighted by atomic mass is 9.95. The van der Waals surface area contributed by atoms with Gasteiger partial charge in [-0.25, -0.2) is 4.39 Å². The first kappa shape index (κ1) is 11.9. The molecule has 1 aromatic rings. The van der Waals surface area contributed by atoms with Crippen LogP contribution in [0.15, 0.2) is 22.7 Å². The van der Waals surface area contributed by atoms with Gasteiger partial charge in [-0.1, -0.05) is 6.42 Å². The molecule has 0 radical (unpaired) electrons. The van der Waals surface area contributed by atoms with Gasteiger partial charge in [0.1, 0.15) is 17.7 Å². The predicted molar refractivity (Wildman–Crippen MR) is 63.0 cm³/mol. The Labute approximate surface area is 103 Å². The van der Waals surface area contributed by atoms with Crippen molar-refractivity contribution >= 4 is 15.9 Å². The average molecular weight is 289 g/mol. The largest absolute Gasteiger partial charge is 0.487 e. The zero-order chi connectivity index (χ0) is 11.5. The topological polar surface area (TPSA) is 29.5 Å². The molecule has 1 saturated carbocycles. The Bertz CT molecular complexity index is 370. The molecule has 2 unspecified atom stereocenters. The molecule has 2 nitrogen and oxygen atoms in total. The third-order valence-corrected chi connectivity index (χ3v) is 3.46. The minimum absolute atomic E-state index is 0.171. The van der Waals surface area contributed by atoms with Crippen LogP contribution < -0.4 is 4.74 Å². The van der Waals surface area contributed by atoms with Crippen molar-refractivity contribution in [3.63, 3.8) is 0 Å². The zero-order valence-corrected chi connectivity index (χ0v) is 10.4. The van der Waals surface area contributed by atoms with E-state index in [0.29, 0.717) is 10.2 Å². The number of halogens is 2. The number of aliphatic hydroxyl groups is 1. The molecule has 1 aliphatic rings. The molecule has 1 N–H and O–H groups in total. The van der Waals surface area contributed by atoms with Crippen molar-refractivity contribution in [3.8, 4) is 5.75 Å². The van der Waals surface area contributed by atoms with Crippen LogP contribution in [0.25, 0.3) is 0 Å². The van der Waals surface area contributed by atoms with Crippen LogP contribution in [-0.4, -0.2) is 17.3 Å². The van der Waals surface area contributed by atoms with Crippen molar-refractivity contribution in [1.82, 2.24) is 0 Å². The number of hydrogen-bond donors (Lipinski definition) is 1. The highest BCUT2D eigenvalue weighted by Crippen LogP contribution is 2.30. The molecule has 0 spiro atoms. The Balaban J connectivity index is 2.07. The minimum Gasteiger partial charge on any atom is -0.487 e. The summed E-state index contributed by atoms with van der Waals surface area (Å²) < 4.78 is 19.1. The molecular weight excluding hydrogens is 275 g/mol. The SMILES string of the molecule is OC1CCCCC1Oc1ccc(F)cc1Br. The lowest BCUT2D eigenvalue weighted by Gasteiger charge is -2.28. The number of ether oxygens (including phenoxy) is 1. The summed E-state index contributed by atoms with van der Waals surface area (Å²) in [6.07, 6.45) is 3.17. The summed E-state index contributed by atoms with van der Waals surface area (Å²) in [6, 6.07) is 4.31. The molecule has 0 aromatic heterocycles. The number of benzene rings is 1. The molecule has 2 rings (SSSR count). The maximum atomic E-state index is 12.9. The van der Waals surface area contributed by atoms with E-state index in [-0.39, 0.29) is 11.9 Å². The third kappa shape index (κ3) is 2.74. The van der Waals surface area contributed by atoms with Gasteiger partial charge in [-0.3, -0.25) is 0 Å². The Hall–Kier alpha value is -0.610. The van der Waals surface area contributed by atoms with Crippen molar-refractivity contribution in [3.05, 3.63) is 28.5 Å². The maximum Gasteiger partial charge on any atom is 0.134 e. The summed E-state index contributed by atoms with van der Waals surface area (Å²) in [5.74, 6) is 0.288. The monoisotopic (exact) mass is 288 g/mol. The minimum atomic E-state index is -0.411. The fourth-order valence-electron chi connectivity index (χ4n) is 1.95. The first-order valence-corrected chi connectivity index (χ1v) is 6.26. The van der Waals surface area contributed by atoms with Gasteiger partial charge in [-0.15, -0.1) is 0 Å². The summed E-state index contributed by atoms with van der Waals surface area (Å²) >= 11 is 3.25. The second-order valence-corrected chi connectivity index (χ2v) is 4.94. The maximum absolute atomic E-state index is 12.9. The fourth-order valence-corrected chi connectivity index (χ4v) is 2.39. The van der Waals surface area contributed by atoms with Gasteiger partial charge in [0.25, 0.3) is 0 Å².